The van der Waals surface area contributed by atoms with Gasteiger partial charge in [0.2, 0.25) is 0 Å². The Kier molecular flexibility index (Phi) is 6.00. The maximum Gasteiger partial charge on any atom is 0.135 e. The van der Waals surface area contributed by atoms with Gasteiger partial charge in [0.05, 0.1) is 0 Å². The Balaban J connectivity index is 0.000000299. The molecule has 4 nitrogen and oxygen atoms in total. The Bertz CT molecular complexity index is 1540. The van der Waals surface area contributed by atoms with Gasteiger partial charge in [-0.3, -0.25) is 0 Å². The predicted octanol–water partition coefficient (Wildman–Crippen LogP) is 7.68. The minimum atomic E-state index is 0.103. The molecule has 182 valence electrons. The third-order valence-corrected chi connectivity index (χ3v) is 7.73. The van der Waals surface area contributed by atoms with Crippen LogP contribution in [0.1, 0.15) is 36.8 Å². The van der Waals surface area contributed by atoms with E-state index in [1.807, 2.05) is 36.4 Å². The highest BCUT2D eigenvalue weighted by atomic mass is 16.3. The van der Waals surface area contributed by atoms with Crippen molar-refractivity contribution >= 4 is 43.9 Å². The molecule has 1 aliphatic heterocycles. The Morgan fingerprint density at radius 3 is 1.67 bits per heavy atom. The van der Waals surface area contributed by atoms with E-state index < -0.39 is 0 Å². The third kappa shape index (κ3) is 4.06. The van der Waals surface area contributed by atoms with Gasteiger partial charge in [-0.2, -0.15) is 0 Å². The second kappa shape index (κ2) is 9.45. The largest absolute Gasteiger partial charge is 0.456 e. The average Bonchev–Trinajstić information content (AvgIpc) is 3.59. The number of nitrogens with two attached hydrogens (primary N) is 1. The van der Waals surface area contributed by atoms with Crippen molar-refractivity contribution in [2.24, 2.45) is 5.73 Å². The molecular formula is C32H32N2O2. The first kappa shape index (κ1) is 22.8. The summed E-state index contributed by atoms with van der Waals surface area (Å²) in [6.07, 6.45) is 2.80. The smallest absolute Gasteiger partial charge is 0.135 e. The molecule has 2 aromatic heterocycles. The van der Waals surface area contributed by atoms with Crippen LogP contribution >= 0.6 is 0 Å². The number of benzene rings is 4. The molecule has 4 aromatic carbocycles. The van der Waals surface area contributed by atoms with Crippen LogP contribution in [0.25, 0.3) is 43.9 Å². The number of furan rings is 2. The summed E-state index contributed by atoms with van der Waals surface area (Å²) in [5.74, 6) is 0.103. The van der Waals surface area contributed by atoms with Crippen LogP contribution in [0.15, 0.2) is 93.8 Å². The summed E-state index contributed by atoms with van der Waals surface area (Å²) in [7, 11) is 2.19. The molecule has 0 amide bonds. The van der Waals surface area contributed by atoms with Crippen LogP contribution in [0.5, 0.6) is 0 Å². The van der Waals surface area contributed by atoms with Crippen molar-refractivity contribution in [3.63, 3.8) is 0 Å². The number of hydrogen-bond donors (Lipinski definition) is 1. The highest BCUT2D eigenvalue weighted by molar-refractivity contribution is 6.06. The zero-order valence-corrected chi connectivity index (χ0v) is 20.9. The Morgan fingerprint density at radius 1 is 0.750 bits per heavy atom. The monoisotopic (exact) mass is 476 g/mol. The molecule has 3 heterocycles. The van der Waals surface area contributed by atoms with Gasteiger partial charge in [-0.1, -0.05) is 48.5 Å². The number of fused-ring (bicyclic) bond motifs is 6. The van der Waals surface area contributed by atoms with Crippen LogP contribution in [0, 0.1) is 0 Å². The normalized spacial score (nSPS) is 16.4. The van der Waals surface area contributed by atoms with Gasteiger partial charge in [0.25, 0.3) is 0 Å². The number of nitrogens with zero attached hydrogens (tertiary/aromatic N) is 1. The van der Waals surface area contributed by atoms with E-state index in [1.165, 1.54) is 30.5 Å². The maximum atomic E-state index is 6.25. The third-order valence-electron chi connectivity index (χ3n) is 7.73. The van der Waals surface area contributed by atoms with Crippen molar-refractivity contribution < 1.29 is 8.83 Å². The van der Waals surface area contributed by atoms with E-state index in [-0.39, 0.29) is 5.92 Å². The number of para-hydroxylation sites is 2. The lowest BCUT2D eigenvalue weighted by molar-refractivity contribution is 0.331. The van der Waals surface area contributed by atoms with Gasteiger partial charge in [0.1, 0.15) is 22.3 Å². The van der Waals surface area contributed by atoms with Crippen molar-refractivity contribution in [1.29, 1.82) is 0 Å². The van der Waals surface area contributed by atoms with Crippen molar-refractivity contribution in [2.75, 3.05) is 20.1 Å². The summed E-state index contributed by atoms with van der Waals surface area (Å²) >= 11 is 0. The molecule has 0 bridgehead atoms. The van der Waals surface area contributed by atoms with Crippen LogP contribution < -0.4 is 5.73 Å². The molecule has 1 unspecified atom stereocenters. The lowest BCUT2D eigenvalue weighted by Gasteiger charge is -2.16. The zero-order chi connectivity index (χ0) is 24.6. The summed E-state index contributed by atoms with van der Waals surface area (Å²) in [5, 5.41) is 4.53. The molecule has 1 atom stereocenters. The Morgan fingerprint density at radius 2 is 1.25 bits per heavy atom. The SMILES string of the molecule is CC1CCCN1C.NCC(c1ccc2oc3ccccc3c2c1)c1ccc2oc3ccccc3c2c1. The fourth-order valence-corrected chi connectivity index (χ4v) is 5.46. The van der Waals surface area contributed by atoms with E-state index in [0.29, 0.717) is 6.54 Å². The van der Waals surface area contributed by atoms with E-state index in [0.717, 1.165) is 49.9 Å². The van der Waals surface area contributed by atoms with Gasteiger partial charge in [-0.25, -0.2) is 0 Å². The van der Waals surface area contributed by atoms with Crippen molar-refractivity contribution in [1.82, 2.24) is 4.90 Å². The fourth-order valence-electron chi connectivity index (χ4n) is 5.46. The van der Waals surface area contributed by atoms with Gasteiger partial charge < -0.3 is 19.5 Å². The average molecular weight is 477 g/mol. The highest BCUT2D eigenvalue weighted by Crippen LogP contribution is 2.35. The van der Waals surface area contributed by atoms with E-state index >= 15 is 0 Å². The van der Waals surface area contributed by atoms with Crippen LogP contribution in [0.4, 0.5) is 0 Å². The van der Waals surface area contributed by atoms with E-state index in [4.69, 9.17) is 14.6 Å². The van der Waals surface area contributed by atoms with Gasteiger partial charge >= 0.3 is 0 Å². The molecule has 1 aliphatic rings. The summed E-state index contributed by atoms with van der Waals surface area (Å²) in [4.78, 5) is 2.40. The summed E-state index contributed by atoms with van der Waals surface area (Å²) < 4.78 is 12.0. The van der Waals surface area contributed by atoms with Crippen LogP contribution in [0.2, 0.25) is 0 Å². The molecule has 0 radical (unpaired) electrons. The molecule has 4 heteroatoms. The lowest BCUT2D eigenvalue weighted by Crippen LogP contribution is -2.20. The lowest BCUT2D eigenvalue weighted by atomic mass is 9.89. The topological polar surface area (TPSA) is 55.5 Å². The second-order valence-electron chi connectivity index (χ2n) is 9.97. The van der Waals surface area contributed by atoms with Gasteiger partial charge in [-0.05, 0) is 80.9 Å². The summed E-state index contributed by atoms with van der Waals surface area (Å²) in [5.41, 5.74) is 12.3. The first-order chi connectivity index (χ1) is 17.6. The molecule has 1 fully saturated rings. The van der Waals surface area contributed by atoms with Gasteiger partial charge in [0.15, 0.2) is 0 Å². The van der Waals surface area contributed by atoms with Crippen molar-refractivity contribution in [3.05, 3.63) is 96.1 Å². The molecule has 36 heavy (non-hydrogen) atoms. The predicted molar refractivity (Wildman–Crippen MR) is 150 cm³/mol. The number of rotatable bonds is 3. The first-order valence-electron chi connectivity index (χ1n) is 12.8. The first-order valence-corrected chi connectivity index (χ1v) is 12.8. The Labute approximate surface area is 211 Å². The Hall–Kier alpha value is -3.60. The van der Waals surface area contributed by atoms with Crippen LogP contribution in [-0.4, -0.2) is 31.1 Å². The highest BCUT2D eigenvalue weighted by Gasteiger charge is 2.17. The maximum absolute atomic E-state index is 6.25. The van der Waals surface area contributed by atoms with Gasteiger partial charge in [0, 0.05) is 40.0 Å². The minimum absolute atomic E-state index is 0.103. The molecular weight excluding hydrogens is 444 g/mol. The molecule has 0 spiro atoms. The molecule has 0 aliphatic carbocycles. The van der Waals surface area contributed by atoms with E-state index in [2.05, 4.69) is 67.4 Å². The quantitative estimate of drug-likeness (QED) is 0.285. The van der Waals surface area contributed by atoms with Crippen LogP contribution in [0.3, 0.4) is 0 Å². The van der Waals surface area contributed by atoms with Gasteiger partial charge in [-0.15, -0.1) is 0 Å². The summed E-state index contributed by atoms with van der Waals surface area (Å²) in [6.45, 7) is 4.12. The second-order valence-corrected chi connectivity index (χ2v) is 9.97. The molecule has 1 saturated heterocycles. The standard InChI is InChI=1S/C26H19NO2.C6H13N/c27-15-22(16-9-11-25-20(13-16)18-5-1-3-7-23(18)28-25)17-10-12-26-21(14-17)19-6-2-4-8-24(19)29-26;1-6-4-3-5-7(6)2/h1-14,22H,15,27H2;6H,3-5H2,1-2H3. The van der Waals surface area contributed by atoms with Crippen LogP contribution in [-0.2, 0) is 0 Å². The van der Waals surface area contributed by atoms with Crippen molar-refractivity contribution in [2.45, 2.75) is 31.7 Å². The molecule has 6 aromatic rings. The minimum Gasteiger partial charge on any atom is -0.456 e. The molecule has 2 N–H and O–H groups in total. The fraction of sp³-hybridized carbons (Fsp3) is 0.250. The van der Waals surface area contributed by atoms with E-state index in [9.17, 15) is 0 Å². The number of hydrogen-bond acceptors (Lipinski definition) is 4. The zero-order valence-electron chi connectivity index (χ0n) is 20.9. The molecule has 7 rings (SSSR count). The summed E-state index contributed by atoms with van der Waals surface area (Å²) in [6, 6.07) is 30.0. The van der Waals surface area contributed by atoms with E-state index in [1.54, 1.807) is 0 Å². The molecule has 0 saturated carbocycles. The number of likely N-dealkylation sites (tertiary alicyclic amines) is 1. The van der Waals surface area contributed by atoms with Crippen molar-refractivity contribution in [3.8, 4) is 0 Å².